The van der Waals surface area contributed by atoms with Crippen LogP contribution in [0.15, 0.2) is 29.3 Å². The Balaban J connectivity index is 1.98. The van der Waals surface area contributed by atoms with Crippen molar-refractivity contribution in [2.45, 2.75) is 32.2 Å². The molecule has 0 N–H and O–H groups in total. The van der Waals surface area contributed by atoms with E-state index in [0.717, 1.165) is 4.88 Å². The summed E-state index contributed by atoms with van der Waals surface area (Å²) < 4.78 is 33.4. The van der Waals surface area contributed by atoms with Crippen molar-refractivity contribution in [1.29, 1.82) is 0 Å². The first-order chi connectivity index (χ1) is 13.3. The number of hydrogen-bond donors (Lipinski definition) is 0. The first-order valence-electron chi connectivity index (χ1n) is 8.58. The van der Waals surface area contributed by atoms with Gasteiger partial charge in [-0.25, -0.2) is 18.2 Å². The maximum Gasteiger partial charge on any atom is 0.348 e. The van der Waals surface area contributed by atoms with Gasteiger partial charge in [0, 0.05) is 29.5 Å². The number of rotatable bonds is 7. The number of carbonyl (C=O) groups is 1. The van der Waals surface area contributed by atoms with Gasteiger partial charge in [-0.15, -0.1) is 22.7 Å². The number of fused-ring (bicyclic) bond motifs is 1. The van der Waals surface area contributed by atoms with Crippen LogP contribution in [0.1, 0.15) is 34.0 Å². The number of aryl methyl sites for hydroxylation is 1. The highest BCUT2D eigenvalue weighted by molar-refractivity contribution is 7.89. The maximum atomic E-state index is 13.1. The molecule has 0 aliphatic carbocycles. The monoisotopic (exact) mass is 458 g/mol. The molecule has 0 bridgehead atoms. The van der Waals surface area contributed by atoms with Gasteiger partial charge in [-0.2, -0.15) is 4.31 Å². The van der Waals surface area contributed by atoms with Crippen LogP contribution in [0.5, 0.6) is 0 Å². The van der Waals surface area contributed by atoms with Gasteiger partial charge in [-0.05, 0) is 37.6 Å². The molecule has 0 amide bonds. The van der Waals surface area contributed by atoms with Crippen molar-refractivity contribution in [3.05, 3.63) is 44.1 Å². The topological polar surface area (TPSA) is 76.6 Å². The molecule has 0 saturated carbocycles. The van der Waals surface area contributed by atoms with Crippen LogP contribution in [-0.4, -0.2) is 36.8 Å². The van der Waals surface area contributed by atoms with Crippen LogP contribution in [-0.2, 0) is 21.3 Å². The van der Waals surface area contributed by atoms with Crippen molar-refractivity contribution in [1.82, 2.24) is 9.29 Å². The van der Waals surface area contributed by atoms with Crippen molar-refractivity contribution in [3.8, 4) is 0 Å². The maximum absolute atomic E-state index is 13.1. The summed E-state index contributed by atoms with van der Waals surface area (Å²) in [6, 6.07) is 5.15. The molecule has 0 spiro atoms. The molecular formula is C18H19ClN2O4S3. The van der Waals surface area contributed by atoms with Crippen molar-refractivity contribution in [3.63, 3.8) is 0 Å². The average molecular weight is 459 g/mol. The molecule has 0 atom stereocenters. The van der Waals surface area contributed by atoms with Gasteiger partial charge in [0.1, 0.15) is 14.6 Å². The van der Waals surface area contributed by atoms with E-state index in [1.54, 1.807) is 32.9 Å². The Bertz CT molecular complexity index is 1120. The van der Waals surface area contributed by atoms with Gasteiger partial charge in [0.15, 0.2) is 0 Å². The van der Waals surface area contributed by atoms with Crippen LogP contribution in [0.4, 0.5) is 0 Å². The van der Waals surface area contributed by atoms with Crippen LogP contribution in [0.2, 0.25) is 4.34 Å². The summed E-state index contributed by atoms with van der Waals surface area (Å²) in [5, 5.41) is 0.643. The number of ether oxygens (including phenoxy) is 1. The SMILES string of the molecule is CCOC(=O)c1sc2ncc(S(=O)(=O)N(CC)Cc3ccc(Cl)s3)cc2c1C. The van der Waals surface area contributed by atoms with Crippen LogP contribution < -0.4 is 0 Å². The first kappa shape index (κ1) is 21.2. The van der Waals surface area contributed by atoms with Crippen molar-refractivity contribution < 1.29 is 17.9 Å². The van der Waals surface area contributed by atoms with Gasteiger partial charge < -0.3 is 4.74 Å². The highest BCUT2D eigenvalue weighted by atomic mass is 35.5. The Morgan fingerprint density at radius 1 is 1.29 bits per heavy atom. The summed E-state index contributed by atoms with van der Waals surface area (Å²) in [7, 11) is -3.75. The fraction of sp³-hybridized carbons (Fsp3) is 0.333. The molecule has 0 aromatic carbocycles. The highest BCUT2D eigenvalue weighted by Gasteiger charge is 2.26. The van der Waals surface area contributed by atoms with Gasteiger partial charge in [-0.1, -0.05) is 18.5 Å². The summed E-state index contributed by atoms with van der Waals surface area (Å²) >= 11 is 8.51. The largest absolute Gasteiger partial charge is 0.462 e. The average Bonchev–Trinajstić information content (AvgIpc) is 3.22. The van der Waals surface area contributed by atoms with Gasteiger partial charge in [0.2, 0.25) is 10.0 Å². The predicted molar refractivity (Wildman–Crippen MR) is 113 cm³/mol. The lowest BCUT2D eigenvalue weighted by Gasteiger charge is -2.19. The van der Waals surface area contributed by atoms with E-state index in [1.807, 2.05) is 6.07 Å². The molecule has 28 heavy (non-hydrogen) atoms. The van der Waals surface area contributed by atoms with Gasteiger partial charge in [0.25, 0.3) is 0 Å². The summed E-state index contributed by atoms with van der Waals surface area (Å²) in [5.41, 5.74) is 0.677. The molecule has 150 valence electrons. The number of hydrogen-bond acceptors (Lipinski definition) is 7. The van der Waals surface area contributed by atoms with Crippen LogP contribution in [0.25, 0.3) is 10.2 Å². The minimum Gasteiger partial charge on any atom is -0.462 e. The van der Waals surface area contributed by atoms with Crippen molar-refractivity contribution >= 4 is 60.5 Å². The summed E-state index contributed by atoms with van der Waals surface area (Å²) in [6.07, 6.45) is 1.34. The van der Waals surface area contributed by atoms with Gasteiger partial charge in [-0.3, -0.25) is 0 Å². The minimum absolute atomic E-state index is 0.0980. The summed E-state index contributed by atoms with van der Waals surface area (Å²) in [5.74, 6) is -0.419. The van der Waals surface area contributed by atoms with E-state index in [1.165, 1.54) is 33.2 Å². The van der Waals surface area contributed by atoms with Crippen LogP contribution in [0, 0.1) is 6.92 Å². The standard InChI is InChI=1S/C18H19ClN2O4S3/c1-4-21(10-12-6-7-15(19)26-12)28(23,24)13-8-14-11(3)16(18(22)25-5-2)27-17(14)20-9-13/h6-9H,4-5,10H2,1-3H3. The molecule has 0 radical (unpaired) electrons. The van der Waals surface area contributed by atoms with E-state index in [9.17, 15) is 13.2 Å². The number of aromatic nitrogens is 1. The lowest BCUT2D eigenvalue weighted by Crippen LogP contribution is -2.30. The molecule has 3 heterocycles. The Labute approximate surface area is 176 Å². The molecular weight excluding hydrogens is 440 g/mol. The zero-order valence-electron chi connectivity index (χ0n) is 15.6. The van der Waals surface area contributed by atoms with E-state index < -0.39 is 16.0 Å². The minimum atomic E-state index is -3.75. The molecule has 0 fully saturated rings. The first-order valence-corrected chi connectivity index (χ1v) is 12.0. The molecule has 0 aliphatic rings. The second kappa shape index (κ2) is 8.46. The lowest BCUT2D eigenvalue weighted by molar-refractivity contribution is 0.0531. The molecule has 3 aromatic heterocycles. The van der Waals surface area contributed by atoms with E-state index in [2.05, 4.69) is 4.98 Å². The third kappa shape index (κ3) is 4.08. The zero-order chi connectivity index (χ0) is 20.5. The predicted octanol–water partition coefficient (Wildman–Crippen LogP) is 4.71. The molecule has 0 saturated heterocycles. The molecule has 0 unspecified atom stereocenters. The van der Waals surface area contributed by atoms with Crippen LogP contribution >= 0.6 is 34.3 Å². The number of carbonyl (C=O) groups excluding carboxylic acids is 1. The lowest BCUT2D eigenvalue weighted by atomic mass is 10.2. The normalized spacial score (nSPS) is 12.0. The molecule has 0 aliphatic heterocycles. The number of nitrogens with zero attached hydrogens (tertiary/aromatic N) is 2. The van der Waals surface area contributed by atoms with Gasteiger partial charge in [0.05, 0.1) is 10.9 Å². The molecule has 6 nitrogen and oxygen atoms in total. The summed E-state index contributed by atoms with van der Waals surface area (Å²) in [6.45, 7) is 6.13. The van der Waals surface area contributed by atoms with Crippen LogP contribution in [0.3, 0.4) is 0 Å². The quantitative estimate of drug-likeness (QED) is 0.479. The molecule has 3 aromatic rings. The Hall–Kier alpha value is -1.52. The number of thiophene rings is 2. The molecule has 10 heteroatoms. The number of esters is 1. The fourth-order valence-corrected chi connectivity index (χ4v) is 6.35. The second-order valence-corrected chi connectivity index (χ2v) is 10.7. The molecule has 3 rings (SSSR count). The Kier molecular flexibility index (Phi) is 6.41. The highest BCUT2D eigenvalue weighted by Crippen LogP contribution is 2.32. The fourth-order valence-electron chi connectivity index (χ4n) is 2.74. The Morgan fingerprint density at radius 2 is 2.04 bits per heavy atom. The Morgan fingerprint density at radius 3 is 2.64 bits per heavy atom. The third-order valence-electron chi connectivity index (χ3n) is 4.18. The number of pyridine rings is 1. The smallest absolute Gasteiger partial charge is 0.348 e. The third-order valence-corrected chi connectivity index (χ3v) is 8.48. The zero-order valence-corrected chi connectivity index (χ0v) is 18.8. The van der Waals surface area contributed by atoms with E-state index in [-0.39, 0.29) is 18.0 Å². The van der Waals surface area contributed by atoms with Crippen molar-refractivity contribution in [2.24, 2.45) is 0 Å². The number of sulfonamides is 1. The van der Waals surface area contributed by atoms with E-state index >= 15 is 0 Å². The van der Waals surface area contributed by atoms with E-state index in [4.69, 9.17) is 16.3 Å². The van der Waals surface area contributed by atoms with Crippen molar-refractivity contribution in [2.75, 3.05) is 13.2 Å². The second-order valence-electron chi connectivity index (χ2n) is 5.94. The summed E-state index contributed by atoms with van der Waals surface area (Å²) in [4.78, 5) is 18.4. The van der Waals surface area contributed by atoms with E-state index in [0.29, 0.717) is 31.5 Å². The number of halogens is 1. The van der Waals surface area contributed by atoms with Gasteiger partial charge >= 0.3 is 5.97 Å².